The third-order valence-electron chi connectivity index (χ3n) is 3.67. The second kappa shape index (κ2) is 5.53. The van der Waals surface area contributed by atoms with Crippen molar-refractivity contribution in [3.63, 3.8) is 0 Å². The van der Waals surface area contributed by atoms with Crippen molar-refractivity contribution in [2.24, 2.45) is 0 Å². The van der Waals surface area contributed by atoms with Crippen LogP contribution in [0.4, 0.5) is 4.39 Å². The van der Waals surface area contributed by atoms with E-state index in [4.69, 9.17) is 0 Å². The summed E-state index contributed by atoms with van der Waals surface area (Å²) < 4.78 is 41.3. The molecule has 1 aliphatic rings. The molecule has 0 N–H and O–H groups in total. The smallest absolute Gasteiger partial charge is 0.243 e. The van der Waals surface area contributed by atoms with Crippen LogP contribution in [0, 0.1) is 5.82 Å². The second-order valence-electron chi connectivity index (χ2n) is 4.98. The maximum absolute atomic E-state index is 13.2. The van der Waals surface area contributed by atoms with Crippen molar-refractivity contribution in [2.45, 2.75) is 23.8 Å². The van der Waals surface area contributed by atoms with Gasteiger partial charge >= 0.3 is 0 Å². The SMILES string of the molecule is O=S(=O)(c1cccc(F)c1)N1CCC(n2ccnn2)CC1. The summed E-state index contributed by atoms with van der Waals surface area (Å²) in [4.78, 5) is 0.00158. The predicted octanol–water partition coefficient (Wildman–Crippen LogP) is 1.44. The lowest BCUT2D eigenvalue weighted by Gasteiger charge is -2.31. The van der Waals surface area contributed by atoms with Gasteiger partial charge in [0.05, 0.1) is 17.1 Å². The minimum atomic E-state index is -3.63. The van der Waals surface area contributed by atoms with Crippen LogP contribution in [0.3, 0.4) is 0 Å². The van der Waals surface area contributed by atoms with Gasteiger partial charge in [-0.15, -0.1) is 5.10 Å². The van der Waals surface area contributed by atoms with E-state index in [1.807, 2.05) is 0 Å². The summed E-state index contributed by atoms with van der Waals surface area (Å²) in [5, 5.41) is 7.71. The fraction of sp³-hybridized carbons (Fsp3) is 0.385. The monoisotopic (exact) mass is 310 g/mol. The summed E-state index contributed by atoms with van der Waals surface area (Å²) in [7, 11) is -3.63. The van der Waals surface area contributed by atoms with Crippen molar-refractivity contribution < 1.29 is 12.8 Å². The summed E-state index contributed by atoms with van der Waals surface area (Å²) in [5.74, 6) is -0.548. The van der Waals surface area contributed by atoms with Crippen LogP contribution in [0.25, 0.3) is 0 Å². The number of halogens is 1. The molecule has 0 atom stereocenters. The molecule has 1 fully saturated rings. The Bertz CT molecular complexity index is 710. The van der Waals surface area contributed by atoms with Crippen LogP contribution in [0.15, 0.2) is 41.6 Å². The summed E-state index contributed by atoms with van der Waals surface area (Å²) in [6.07, 6.45) is 4.72. The van der Waals surface area contributed by atoms with Gasteiger partial charge in [0.25, 0.3) is 0 Å². The normalized spacial score (nSPS) is 18.0. The Hall–Kier alpha value is -1.80. The van der Waals surface area contributed by atoms with E-state index in [0.717, 1.165) is 6.07 Å². The Kier molecular flexibility index (Phi) is 3.73. The summed E-state index contributed by atoms with van der Waals surface area (Å²) in [6.45, 7) is 0.784. The van der Waals surface area contributed by atoms with Gasteiger partial charge in [0.15, 0.2) is 0 Å². The first kappa shape index (κ1) is 14.2. The zero-order valence-electron chi connectivity index (χ0n) is 11.3. The zero-order chi connectivity index (χ0) is 14.9. The number of aromatic nitrogens is 3. The predicted molar refractivity (Wildman–Crippen MR) is 73.5 cm³/mol. The van der Waals surface area contributed by atoms with E-state index < -0.39 is 15.8 Å². The molecular formula is C13H15FN4O2S. The summed E-state index contributed by atoms with van der Waals surface area (Å²) >= 11 is 0. The van der Waals surface area contributed by atoms with Gasteiger partial charge in [-0.25, -0.2) is 17.5 Å². The van der Waals surface area contributed by atoms with Gasteiger partial charge in [-0.3, -0.25) is 0 Å². The molecule has 1 aromatic carbocycles. The van der Waals surface area contributed by atoms with Gasteiger partial charge in [0.2, 0.25) is 10.0 Å². The molecule has 112 valence electrons. The first-order valence-corrected chi connectivity index (χ1v) is 8.13. The van der Waals surface area contributed by atoms with E-state index in [1.165, 1.54) is 22.5 Å². The van der Waals surface area contributed by atoms with Gasteiger partial charge in [0.1, 0.15) is 5.82 Å². The van der Waals surface area contributed by atoms with Gasteiger partial charge < -0.3 is 0 Å². The molecule has 0 spiro atoms. The Balaban J connectivity index is 1.74. The number of hydrogen-bond acceptors (Lipinski definition) is 4. The fourth-order valence-electron chi connectivity index (χ4n) is 2.54. The van der Waals surface area contributed by atoms with E-state index >= 15 is 0 Å². The number of piperidine rings is 1. The van der Waals surface area contributed by atoms with Crippen molar-refractivity contribution in [1.29, 1.82) is 0 Å². The van der Waals surface area contributed by atoms with E-state index in [-0.39, 0.29) is 10.9 Å². The number of rotatable bonds is 3. The maximum atomic E-state index is 13.2. The standard InChI is InChI=1S/C13H15FN4O2S/c14-11-2-1-3-13(10-11)21(19,20)17-7-4-12(5-8-17)18-9-6-15-16-18/h1-3,6,9-10,12H,4-5,7-8H2. The summed E-state index contributed by atoms with van der Waals surface area (Å²) in [5.41, 5.74) is 0. The third-order valence-corrected chi connectivity index (χ3v) is 5.57. The second-order valence-corrected chi connectivity index (χ2v) is 6.91. The zero-order valence-corrected chi connectivity index (χ0v) is 12.1. The Morgan fingerprint density at radius 2 is 2.00 bits per heavy atom. The van der Waals surface area contributed by atoms with Crippen LogP contribution >= 0.6 is 0 Å². The molecule has 1 aliphatic heterocycles. The van der Waals surface area contributed by atoms with Gasteiger partial charge in [-0.2, -0.15) is 4.31 Å². The quantitative estimate of drug-likeness (QED) is 0.860. The minimum Gasteiger partial charge on any atom is -0.249 e. The van der Waals surface area contributed by atoms with E-state index in [0.29, 0.717) is 25.9 Å². The molecule has 0 unspecified atom stereocenters. The van der Waals surface area contributed by atoms with Gasteiger partial charge in [-0.05, 0) is 31.0 Å². The molecule has 1 saturated heterocycles. The molecule has 2 aromatic rings. The highest BCUT2D eigenvalue weighted by Gasteiger charge is 2.30. The van der Waals surface area contributed by atoms with Crippen molar-refractivity contribution in [1.82, 2.24) is 19.3 Å². The lowest BCUT2D eigenvalue weighted by molar-refractivity contribution is 0.258. The summed E-state index contributed by atoms with van der Waals surface area (Å²) in [6, 6.07) is 5.27. The first-order valence-electron chi connectivity index (χ1n) is 6.69. The molecule has 0 radical (unpaired) electrons. The van der Waals surface area contributed by atoms with Crippen LogP contribution in [0.1, 0.15) is 18.9 Å². The van der Waals surface area contributed by atoms with Crippen LogP contribution in [0.5, 0.6) is 0 Å². The number of nitrogens with zero attached hydrogens (tertiary/aromatic N) is 4. The topological polar surface area (TPSA) is 68.1 Å². The average Bonchev–Trinajstić information content (AvgIpc) is 3.02. The fourth-order valence-corrected chi connectivity index (χ4v) is 4.04. The highest BCUT2D eigenvalue weighted by atomic mass is 32.2. The van der Waals surface area contributed by atoms with Crippen LogP contribution in [0.2, 0.25) is 0 Å². The van der Waals surface area contributed by atoms with Crippen LogP contribution in [-0.4, -0.2) is 40.8 Å². The Morgan fingerprint density at radius 1 is 1.24 bits per heavy atom. The highest BCUT2D eigenvalue weighted by molar-refractivity contribution is 7.89. The minimum absolute atomic E-state index is 0.00158. The molecule has 8 heteroatoms. The molecule has 1 aromatic heterocycles. The van der Waals surface area contributed by atoms with E-state index in [1.54, 1.807) is 17.1 Å². The largest absolute Gasteiger partial charge is 0.249 e. The van der Waals surface area contributed by atoms with Gasteiger partial charge in [0, 0.05) is 19.3 Å². The van der Waals surface area contributed by atoms with Crippen molar-refractivity contribution in [3.05, 3.63) is 42.5 Å². The van der Waals surface area contributed by atoms with Crippen molar-refractivity contribution in [3.8, 4) is 0 Å². The lowest BCUT2D eigenvalue weighted by Crippen LogP contribution is -2.39. The average molecular weight is 310 g/mol. The number of benzene rings is 1. The highest BCUT2D eigenvalue weighted by Crippen LogP contribution is 2.26. The van der Waals surface area contributed by atoms with Crippen LogP contribution in [-0.2, 0) is 10.0 Å². The van der Waals surface area contributed by atoms with E-state index in [9.17, 15) is 12.8 Å². The van der Waals surface area contributed by atoms with Crippen molar-refractivity contribution >= 4 is 10.0 Å². The molecule has 6 nitrogen and oxygen atoms in total. The molecule has 0 amide bonds. The maximum Gasteiger partial charge on any atom is 0.243 e. The first-order chi connectivity index (χ1) is 10.1. The molecule has 2 heterocycles. The third kappa shape index (κ3) is 2.81. The molecule has 0 saturated carbocycles. The molecule has 0 bridgehead atoms. The number of sulfonamides is 1. The molecule has 0 aliphatic carbocycles. The van der Waals surface area contributed by atoms with Crippen molar-refractivity contribution in [2.75, 3.05) is 13.1 Å². The van der Waals surface area contributed by atoms with Crippen LogP contribution < -0.4 is 0 Å². The molecule has 21 heavy (non-hydrogen) atoms. The van der Waals surface area contributed by atoms with Gasteiger partial charge in [-0.1, -0.05) is 11.3 Å². The number of hydrogen-bond donors (Lipinski definition) is 0. The van der Waals surface area contributed by atoms with E-state index in [2.05, 4.69) is 10.3 Å². The molecule has 3 rings (SSSR count). The molecular weight excluding hydrogens is 295 g/mol. The Labute approximate surface area is 122 Å². The lowest BCUT2D eigenvalue weighted by atomic mass is 10.1. The Morgan fingerprint density at radius 3 is 2.62 bits per heavy atom.